The van der Waals surface area contributed by atoms with E-state index in [0.29, 0.717) is 22.8 Å². The van der Waals surface area contributed by atoms with Gasteiger partial charge in [-0.15, -0.1) is 0 Å². The van der Waals surface area contributed by atoms with Gasteiger partial charge in [0.1, 0.15) is 0 Å². The number of nitrogen functional groups attached to an aromatic ring is 1. The average molecular weight is 288 g/mol. The number of hydrogen-bond donors (Lipinski definition) is 3. The van der Waals surface area contributed by atoms with Gasteiger partial charge in [0.15, 0.2) is 11.6 Å². The second-order valence-corrected chi connectivity index (χ2v) is 5.80. The molecule has 0 unspecified atom stereocenters. The topological polar surface area (TPSA) is 93.0 Å². The predicted molar refractivity (Wildman–Crippen MR) is 82.6 cm³/mol. The third kappa shape index (κ3) is 3.16. The fourth-order valence-corrected chi connectivity index (χ4v) is 1.92. The standard InChI is InChI=1S/C15H20N4O2/c1-15(2,3)11-8-12(19-18-11)17-14(20)9-6-5-7-10(16)13(9)21-4/h5-8H,16H2,1-4H3,(H2,17,18,19,20). The van der Waals surface area contributed by atoms with E-state index in [9.17, 15) is 4.79 Å². The fraction of sp³-hybridized carbons (Fsp3) is 0.333. The Labute approximate surface area is 123 Å². The number of nitrogens with zero attached hydrogens (tertiary/aromatic N) is 1. The SMILES string of the molecule is COc1c(N)cccc1C(=O)Nc1cc(C(C)(C)C)[nH]n1. The summed E-state index contributed by atoms with van der Waals surface area (Å²) in [5.74, 6) is 0.516. The lowest BCUT2D eigenvalue weighted by Gasteiger charge is -2.14. The highest BCUT2D eigenvalue weighted by Crippen LogP contribution is 2.27. The van der Waals surface area contributed by atoms with Crippen molar-refractivity contribution in [1.82, 2.24) is 10.2 Å². The number of para-hydroxylation sites is 1. The molecule has 0 aliphatic rings. The van der Waals surface area contributed by atoms with Crippen LogP contribution in [-0.4, -0.2) is 23.2 Å². The Morgan fingerprint density at radius 3 is 2.67 bits per heavy atom. The van der Waals surface area contributed by atoms with Gasteiger partial charge in [-0.3, -0.25) is 9.89 Å². The Bertz CT molecular complexity index is 656. The number of hydrogen-bond acceptors (Lipinski definition) is 4. The summed E-state index contributed by atoms with van der Waals surface area (Å²) in [6.45, 7) is 6.19. The number of ether oxygens (including phenoxy) is 1. The molecule has 0 spiro atoms. The van der Waals surface area contributed by atoms with Crippen LogP contribution in [0, 0.1) is 0 Å². The van der Waals surface area contributed by atoms with E-state index in [4.69, 9.17) is 10.5 Å². The molecule has 21 heavy (non-hydrogen) atoms. The zero-order valence-corrected chi connectivity index (χ0v) is 12.7. The Kier molecular flexibility index (Phi) is 3.88. The molecule has 0 aliphatic heterocycles. The molecule has 1 heterocycles. The van der Waals surface area contributed by atoms with Crippen LogP contribution < -0.4 is 15.8 Å². The summed E-state index contributed by atoms with van der Waals surface area (Å²) in [5, 5.41) is 9.75. The lowest BCUT2D eigenvalue weighted by atomic mass is 9.92. The van der Waals surface area contributed by atoms with Crippen LogP contribution in [0.4, 0.5) is 11.5 Å². The molecule has 6 heteroatoms. The summed E-state index contributed by atoms with van der Waals surface area (Å²) < 4.78 is 5.18. The highest BCUT2D eigenvalue weighted by atomic mass is 16.5. The molecule has 112 valence electrons. The molecule has 6 nitrogen and oxygen atoms in total. The monoisotopic (exact) mass is 288 g/mol. The third-order valence-electron chi connectivity index (χ3n) is 3.12. The smallest absolute Gasteiger partial charge is 0.260 e. The van der Waals surface area contributed by atoms with E-state index in [0.717, 1.165) is 5.69 Å². The van der Waals surface area contributed by atoms with Crippen molar-refractivity contribution in [3.8, 4) is 5.75 Å². The van der Waals surface area contributed by atoms with Gasteiger partial charge in [-0.05, 0) is 12.1 Å². The first-order valence-electron chi connectivity index (χ1n) is 6.62. The molecule has 0 saturated carbocycles. The molecule has 4 N–H and O–H groups in total. The zero-order chi connectivity index (χ0) is 15.6. The van der Waals surface area contributed by atoms with Crippen molar-refractivity contribution in [2.75, 3.05) is 18.2 Å². The number of H-pyrrole nitrogens is 1. The van der Waals surface area contributed by atoms with E-state index in [2.05, 4.69) is 36.3 Å². The number of anilines is 2. The molecule has 0 atom stereocenters. The Morgan fingerprint density at radius 1 is 1.38 bits per heavy atom. The van der Waals surface area contributed by atoms with E-state index in [-0.39, 0.29) is 11.3 Å². The average Bonchev–Trinajstić information content (AvgIpc) is 2.86. The number of aromatic nitrogens is 2. The summed E-state index contributed by atoms with van der Waals surface area (Å²) in [5.41, 5.74) is 7.47. The van der Waals surface area contributed by atoms with Gasteiger partial charge in [0.05, 0.1) is 18.4 Å². The maximum absolute atomic E-state index is 12.3. The van der Waals surface area contributed by atoms with Crippen LogP contribution in [0.3, 0.4) is 0 Å². The van der Waals surface area contributed by atoms with Crippen molar-refractivity contribution in [2.24, 2.45) is 0 Å². The molecule has 0 fully saturated rings. The minimum atomic E-state index is -0.314. The van der Waals surface area contributed by atoms with Gasteiger partial charge >= 0.3 is 0 Å². The molecule has 0 aliphatic carbocycles. The van der Waals surface area contributed by atoms with Gasteiger partial charge in [-0.1, -0.05) is 26.8 Å². The minimum absolute atomic E-state index is 0.0646. The lowest BCUT2D eigenvalue weighted by Crippen LogP contribution is -2.14. The van der Waals surface area contributed by atoms with Gasteiger partial charge < -0.3 is 15.8 Å². The Balaban J connectivity index is 2.23. The van der Waals surface area contributed by atoms with Crippen LogP contribution in [0.15, 0.2) is 24.3 Å². The molecule has 1 aromatic heterocycles. The second-order valence-electron chi connectivity index (χ2n) is 5.80. The summed E-state index contributed by atoms with van der Waals surface area (Å²) >= 11 is 0. The highest BCUT2D eigenvalue weighted by molar-refractivity contribution is 6.06. The molecule has 0 radical (unpaired) electrons. The first-order valence-corrected chi connectivity index (χ1v) is 6.62. The van der Waals surface area contributed by atoms with Gasteiger partial charge in [-0.25, -0.2) is 0 Å². The summed E-state index contributed by atoms with van der Waals surface area (Å²) in [6.07, 6.45) is 0. The normalized spacial score (nSPS) is 11.2. The number of methoxy groups -OCH3 is 1. The van der Waals surface area contributed by atoms with E-state index in [1.165, 1.54) is 7.11 Å². The van der Waals surface area contributed by atoms with Crippen molar-refractivity contribution in [3.05, 3.63) is 35.5 Å². The molecular formula is C15H20N4O2. The number of carbonyl (C=O) groups is 1. The number of rotatable bonds is 3. The molecule has 0 bridgehead atoms. The van der Waals surface area contributed by atoms with Crippen LogP contribution in [-0.2, 0) is 5.41 Å². The molecule has 0 saturated heterocycles. The van der Waals surface area contributed by atoms with Crippen molar-refractivity contribution >= 4 is 17.4 Å². The van der Waals surface area contributed by atoms with Gasteiger partial charge in [0.25, 0.3) is 5.91 Å². The third-order valence-corrected chi connectivity index (χ3v) is 3.12. The van der Waals surface area contributed by atoms with E-state index in [1.54, 1.807) is 18.2 Å². The first kappa shape index (κ1) is 14.9. The maximum atomic E-state index is 12.3. The largest absolute Gasteiger partial charge is 0.494 e. The van der Waals surface area contributed by atoms with Crippen molar-refractivity contribution in [1.29, 1.82) is 0 Å². The van der Waals surface area contributed by atoms with Crippen LogP contribution >= 0.6 is 0 Å². The Hall–Kier alpha value is -2.50. The van der Waals surface area contributed by atoms with E-state index < -0.39 is 0 Å². The highest BCUT2D eigenvalue weighted by Gasteiger charge is 2.19. The van der Waals surface area contributed by atoms with Crippen LogP contribution in [0.2, 0.25) is 0 Å². The number of amides is 1. The predicted octanol–water partition coefficient (Wildman–Crippen LogP) is 2.55. The summed E-state index contributed by atoms with van der Waals surface area (Å²) in [6, 6.07) is 6.86. The number of benzene rings is 1. The molecule has 1 amide bonds. The fourth-order valence-electron chi connectivity index (χ4n) is 1.92. The van der Waals surface area contributed by atoms with Crippen LogP contribution in [0.1, 0.15) is 36.8 Å². The zero-order valence-electron chi connectivity index (χ0n) is 12.7. The van der Waals surface area contributed by atoms with Gasteiger partial charge in [0, 0.05) is 17.2 Å². The maximum Gasteiger partial charge on any atom is 0.260 e. The van der Waals surface area contributed by atoms with Gasteiger partial charge in [-0.2, -0.15) is 5.10 Å². The lowest BCUT2D eigenvalue weighted by molar-refractivity contribution is 0.102. The van der Waals surface area contributed by atoms with E-state index >= 15 is 0 Å². The quantitative estimate of drug-likeness (QED) is 0.757. The molecular weight excluding hydrogens is 268 g/mol. The molecule has 1 aromatic carbocycles. The van der Waals surface area contributed by atoms with Gasteiger partial charge in [0.2, 0.25) is 0 Å². The van der Waals surface area contributed by atoms with Crippen LogP contribution in [0.5, 0.6) is 5.75 Å². The van der Waals surface area contributed by atoms with E-state index in [1.807, 2.05) is 6.07 Å². The Morgan fingerprint density at radius 2 is 2.10 bits per heavy atom. The molecule has 2 aromatic rings. The number of carbonyl (C=O) groups excluding carboxylic acids is 1. The van der Waals surface area contributed by atoms with Crippen LogP contribution in [0.25, 0.3) is 0 Å². The summed E-state index contributed by atoms with van der Waals surface area (Å²) in [4.78, 5) is 12.3. The van der Waals surface area contributed by atoms with Crippen molar-refractivity contribution < 1.29 is 9.53 Å². The minimum Gasteiger partial charge on any atom is -0.494 e. The number of aromatic amines is 1. The number of nitrogens with one attached hydrogen (secondary N) is 2. The second kappa shape index (κ2) is 5.47. The van der Waals surface area contributed by atoms with Crippen molar-refractivity contribution in [2.45, 2.75) is 26.2 Å². The number of nitrogens with two attached hydrogens (primary N) is 1. The summed E-state index contributed by atoms with van der Waals surface area (Å²) in [7, 11) is 1.48. The molecule has 2 rings (SSSR count). The first-order chi connectivity index (χ1) is 9.82. The van der Waals surface area contributed by atoms with Crippen molar-refractivity contribution in [3.63, 3.8) is 0 Å².